The van der Waals surface area contributed by atoms with Crippen molar-refractivity contribution >= 4 is 23.9 Å². The molecule has 116 valence electrons. The number of nitrogens with two attached hydrogens (primary N) is 1. The summed E-state index contributed by atoms with van der Waals surface area (Å²) in [7, 11) is 0. The highest BCUT2D eigenvalue weighted by molar-refractivity contribution is 7.97. The van der Waals surface area contributed by atoms with Crippen LogP contribution in [0.3, 0.4) is 0 Å². The molecule has 0 aliphatic carbocycles. The summed E-state index contributed by atoms with van der Waals surface area (Å²) in [6, 6.07) is 7.97. The molecule has 6 heteroatoms. The van der Waals surface area contributed by atoms with Crippen molar-refractivity contribution in [2.45, 2.75) is 45.6 Å². The lowest BCUT2D eigenvalue weighted by atomic mass is 10.1. The maximum Gasteiger partial charge on any atom is 0.407 e. The van der Waals surface area contributed by atoms with E-state index in [1.165, 1.54) is 11.9 Å². The molecule has 1 rings (SSSR count). The Labute approximate surface area is 130 Å². The fraction of sp³-hybridized carbons (Fsp3) is 0.467. The summed E-state index contributed by atoms with van der Waals surface area (Å²) >= 11 is 1.41. The molecule has 1 aromatic rings. The monoisotopic (exact) mass is 309 g/mol. The number of hydrogen-bond donors (Lipinski definition) is 2. The van der Waals surface area contributed by atoms with E-state index in [4.69, 9.17) is 10.5 Å². The zero-order valence-corrected chi connectivity index (χ0v) is 13.8. The number of nitrogens with zero attached hydrogens (tertiary/aromatic N) is 1. The third kappa shape index (κ3) is 8.24. The van der Waals surface area contributed by atoms with E-state index in [0.717, 1.165) is 16.9 Å². The van der Waals surface area contributed by atoms with Gasteiger partial charge in [0.2, 0.25) is 0 Å². The first-order chi connectivity index (χ1) is 9.76. The van der Waals surface area contributed by atoms with Crippen molar-refractivity contribution < 1.29 is 9.53 Å². The Balaban J connectivity index is 2.49. The van der Waals surface area contributed by atoms with E-state index in [1.54, 1.807) is 6.92 Å². The van der Waals surface area contributed by atoms with Crippen molar-refractivity contribution in [2.24, 2.45) is 10.1 Å². The van der Waals surface area contributed by atoms with Gasteiger partial charge in [0.1, 0.15) is 11.4 Å². The second-order valence-electron chi connectivity index (χ2n) is 5.68. The normalized spacial score (nSPS) is 12.1. The van der Waals surface area contributed by atoms with Crippen LogP contribution in [-0.4, -0.2) is 17.5 Å². The van der Waals surface area contributed by atoms with E-state index >= 15 is 0 Å². The Hall–Kier alpha value is -1.69. The lowest BCUT2D eigenvalue weighted by molar-refractivity contribution is 0.0523. The van der Waals surface area contributed by atoms with E-state index in [0.29, 0.717) is 12.4 Å². The number of rotatable bonds is 5. The zero-order valence-electron chi connectivity index (χ0n) is 13.0. The van der Waals surface area contributed by atoms with Gasteiger partial charge in [-0.15, -0.1) is 0 Å². The van der Waals surface area contributed by atoms with Crippen molar-refractivity contribution in [1.29, 1.82) is 0 Å². The van der Waals surface area contributed by atoms with E-state index in [1.807, 2.05) is 45.0 Å². The maximum atomic E-state index is 11.6. The van der Waals surface area contributed by atoms with Gasteiger partial charge in [-0.3, -0.25) is 0 Å². The Morgan fingerprint density at radius 2 is 2.05 bits per heavy atom. The van der Waals surface area contributed by atoms with Gasteiger partial charge in [-0.05, 0) is 50.8 Å². The molecular weight excluding hydrogens is 286 g/mol. The average molecular weight is 309 g/mol. The van der Waals surface area contributed by atoms with Gasteiger partial charge < -0.3 is 15.8 Å². The molecule has 0 heterocycles. The van der Waals surface area contributed by atoms with Crippen molar-refractivity contribution in [3.8, 4) is 0 Å². The topological polar surface area (TPSA) is 76.7 Å². The third-order valence-electron chi connectivity index (χ3n) is 2.27. The predicted molar refractivity (Wildman–Crippen MR) is 88.1 cm³/mol. The Morgan fingerprint density at radius 1 is 1.38 bits per heavy atom. The van der Waals surface area contributed by atoms with Crippen LogP contribution >= 0.6 is 11.9 Å². The number of ether oxygens (including phenoxy) is 1. The average Bonchev–Trinajstić information content (AvgIpc) is 2.34. The molecule has 0 unspecified atom stereocenters. The van der Waals surface area contributed by atoms with Crippen molar-refractivity contribution in [2.75, 3.05) is 0 Å². The molecule has 5 nitrogen and oxygen atoms in total. The minimum Gasteiger partial charge on any atom is -0.444 e. The van der Waals surface area contributed by atoms with Gasteiger partial charge in [-0.2, -0.15) is 0 Å². The maximum absolute atomic E-state index is 11.6. The van der Waals surface area contributed by atoms with Crippen molar-refractivity contribution in [3.05, 3.63) is 35.4 Å². The van der Waals surface area contributed by atoms with E-state index in [2.05, 4.69) is 9.71 Å². The molecule has 21 heavy (non-hydrogen) atoms. The molecule has 1 amide bonds. The first-order valence-corrected chi connectivity index (χ1v) is 7.67. The summed E-state index contributed by atoms with van der Waals surface area (Å²) in [6.45, 7) is 7.71. The summed E-state index contributed by atoms with van der Waals surface area (Å²) in [5, 5.41) is 2.74. The smallest absolute Gasteiger partial charge is 0.407 e. The fourth-order valence-electron chi connectivity index (χ4n) is 1.53. The summed E-state index contributed by atoms with van der Waals surface area (Å²) in [4.78, 5) is 11.6. The number of carbonyl (C=O) groups excluding carboxylic acids is 1. The molecule has 0 spiro atoms. The minimum absolute atomic E-state index is 0.411. The molecule has 0 saturated heterocycles. The minimum atomic E-state index is -0.485. The number of amidine groups is 1. The van der Waals surface area contributed by atoms with Crippen molar-refractivity contribution in [3.63, 3.8) is 0 Å². The lowest BCUT2D eigenvalue weighted by Gasteiger charge is -2.19. The van der Waals surface area contributed by atoms with Gasteiger partial charge in [0.25, 0.3) is 0 Å². The molecule has 0 atom stereocenters. The Morgan fingerprint density at radius 3 is 2.67 bits per heavy atom. The highest BCUT2D eigenvalue weighted by Gasteiger charge is 2.15. The summed E-state index contributed by atoms with van der Waals surface area (Å²) < 4.78 is 9.28. The number of benzene rings is 1. The molecule has 0 radical (unpaired) electrons. The predicted octanol–water partition coefficient (Wildman–Crippen LogP) is 3.24. The third-order valence-corrected chi connectivity index (χ3v) is 3.15. The standard InChI is InChI=1S/C15H23N3O2S/c1-11(16)18-21-10-13-7-5-6-12(8-13)9-17-14(19)20-15(2,3)4/h5-8H,9-10H2,1-4H3,(H2,16,18)(H,17,19). The highest BCUT2D eigenvalue weighted by atomic mass is 32.2. The van der Waals surface area contributed by atoms with Gasteiger partial charge in [-0.1, -0.05) is 24.3 Å². The van der Waals surface area contributed by atoms with Crippen LogP contribution in [0.2, 0.25) is 0 Å². The molecular formula is C15H23N3O2S. The number of nitrogens with one attached hydrogen (secondary N) is 1. The van der Waals surface area contributed by atoms with Crippen molar-refractivity contribution in [1.82, 2.24) is 5.32 Å². The number of alkyl carbamates (subject to hydrolysis) is 1. The highest BCUT2D eigenvalue weighted by Crippen LogP contribution is 2.15. The largest absolute Gasteiger partial charge is 0.444 e. The Kier molecular flexibility index (Phi) is 6.55. The number of carbonyl (C=O) groups is 1. The summed E-state index contributed by atoms with van der Waals surface area (Å²) in [6.07, 6.45) is -0.411. The van der Waals surface area contributed by atoms with Gasteiger partial charge in [-0.25, -0.2) is 9.19 Å². The molecule has 0 aliphatic rings. The second kappa shape index (κ2) is 7.93. The van der Waals surface area contributed by atoms with E-state index in [-0.39, 0.29) is 0 Å². The quantitative estimate of drug-likeness (QED) is 0.497. The lowest BCUT2D eigenvalue weighted by Crippen LogP contribution is -2.32. The zero-order chi connectivity index (χ0) is 15.9. The number of amides is 1. The van der Waals surface area contributed by atoms with Crippen LogP contribution in [0.1, 0.15) is 38.8 Å². The van der Waals surface area contributed by atoms with Crippen LogP contribution in [0.25, 0.3) is 0 Å². The van der Waals surface area contributed by atoms with Crippen LogP contribution in [0, 0.1) is 0 Å². The first kappa shape index (κ1) is 17.4. The molecule has 1 aromatic carbocycles. The molecule has 0 aromatic heterocycles. The fourth-order valence-corrected chi connectivity index (χ4v) is 2.12. The van der Waals surface area contributed by atoms with Gasteiger partial charge in [0.05, 0.1) is 0 Å². The van der Waals surface area contributed by atoms with Crippen LogP contribution < -0.4 is 11.1 Å². The SMILES string of the molecule is C/C(N)=N/SCc1cccc(CNC(=O)OC(C)(C)C)c1. The van der Waals surface area contributed by atoms with Gasteiger partial charge >= 0.3 is 6.09 Å². The number of hydrogen-bond acceptors (Lipinski definition) is 4. The van der Waals surface area contributed by atoms with Gasteiger partial charge in [0, 0.05) is 12.3 Å². The van der Waals surface area contributed by atoms with Crippen LogP contribution in [0.15, 0.2) is 28.7 Å². The van der Waals surface area contributed by atoms with Crippen LogP contribution in [-0.2, 0) is 17.0 Å². The Bertz CT molecular complexity index is 506. The van der Waals surface area contributed by atoms with Crippen LogP contribution in [0.5, 0.6) is 0 Å². The molecule has 0 fully saturated rings. The second-order valence-corrected chi connectivity index (χ2v) is 6.41. The molecule has 0 saturated carbocycles. The first-order valence-electron chi connectivity index (χ1n) is 6.73. The molecule has 0 bridgehead atoms. The van der Waals surface area contributed by atoms with Crippen LogP contribution in [0.4, 0.5) is 4.79 Å². The van der Waals surface area contributed by atoms with E-state index < -0.39 is 11.7 Å². The summed E-state index contributed by atoms with van der Waals surface area (Å²) in [5.74, 6) is 1.30. The molecule has 0 aliphatic heterocycles. The van der Waals surface area contributed by atoms with E-state index in [9.17, 15) is 4.79 Å². The molecule has 3 N–H and O–H groups in total. The van der Waals surface area contributed by atoms with Gasteiger partial charge in [0.15, 0.2) is 0 Å². The summed E-state index contributed by atoms with van der Waals surface area (Å²) in [5.41, 5.74) is 7.15.